The van der Waals surface area contributed by atoms with Crippen LogP contribution in [0.1, 0.15) is 6.42 Å². The van der Waals surface area contributed by atoms with Gasteiger partial charge < -0.3 is 14.8 Å². The smallest absolute Gasteiger partial charge is 0.232 e. The number of nitrogens with zero attached hydrogens (tertiary/aromatic N) is 1. The van der Waals surface area contributed by atoms with Crippen molar-refractivity contribution in [2.24, 2.45) is 0 Å². The van der Waals surface area contributed by atoms with E-state index in [0.717, 1.165) is 10.6 Å². The van der Waals surface area contributed by atoms with Crippen LogP contribution in [0.5, 0.6) is 11.5 Å². The summed E-state index contributed by atoms with van der Waals surface area (Å²) in [6.45, 7) is -0.00495. The third-order valence-corrected chi connectivity index (χ3v) is 4.83. The fourth-order valence-electron chi connectivity index (χ4n) is 2.43. The Morgan fingerprint density at radius 2 is 1.81 bits per heavy atom. The van der Waals surface area contributed by atoms with E-state index in [0.29, 0.717) is 22.9 Å². The third-order valence-electron chi connectivity index (χ3n) is 3.65. The molecule has 0 bridgehead atoms. The molecule has 0 spiro atoms. The molecule has 1 N–H and O–H groups in total. The molecule has 140 valence electrons. The molecule has 2 aromatic carbocycles. The number of carbonyl (C=O) groups excluding carboxylic acids is 1. The van der Waals surface area contributed by atoms with Crippen LogP contribution in [0.15, 0.2) is 48.5 Å². The van der Waals surface area contributed by atoms with E-state index in [-0.39, 0.29) is 18.9 Å². The molecule has 0 aliphatic rings. The molecule has 0 atom stereocenters. The summed E-state index contributed by atoms with van der Waals surface area (Å²) in [5, 5.41) is 2.73. The second-order valence-electron chi connectivity index (χ2n) is 5.54. The topological polar surface area (TPSA) is 84.9 Å². The number of sulfonamides is 1. The van der Waals surface area contributed by atoms with Gasteiger partial charge in [-0.15, -0.1) is 0 Å². The van der Waals surface area contributed by atoms with Crippen molar-refractivity contribution in [2.45, 2.75) is 6.42 Å². The molecule has 0 fully saturated rings. The van der Waals surface area contributed by atoms with Crippen LogP contribution in [0.2, 0.25) is 0 Å². The molecule has 2 aromatic rings. The maximum Gasteiger partial charge on any atom is 0.232 e. The first-order chi connectivity index (χ1) is 12.3. The van der Waals surface area contributed by atoms with Gasteiger partial charge in [-0.1, -0.05) is 18.2 Å². The van der Waals surface area contributed by atoms with Crippen LogP contribution >= 0.6 is 0 Å². The fraction of sp³-hybridized carbons (Fsp3) is 0.278. The lowest BCUT2D eigenvalue weighted by molar-refractivity contribution is -0.116. The Morgan fingerprint density at radius 1 is 1.08 bits per heavy atom. The summed E-state index contributed by atoms with van der Waals surface area (Å²) in [4.78, 5) is 12.2. The van der Waals surface area contributed by atoms with Gasteiger partial charge in [-0.3, -0.25) is 9.10 Å². The quantitative estimate of drug-likeness (QED) is 0.763. The van der Waals surface area contributed by atoms with Crippen LogP contribution < -0.4 is 19.1 Å². The average Bonchev–Trinajstić information content (AvgIpc) is 2.61. The normalized spacial score (nSPS) is 10.9. The monoisotopic (exact) mass is 378 g/mol. The Hall–Kier alpha value is -2.74. The van der Waals surface area contributed by atoms with Crippen LogP contribution in [-0.2, 0) is 14.8 Å². The molecule has 0 aliphatic heterocycles. The molecular formula is C18H22N2O5S. The number of hydrogen-bond donors (Lipinski definition) is 1. The van der Waals surface area contributed by atoms with Gasteiger partial charge in [-0.2, -0.15) is 0 Å². The summed E-state index contributed by atoms with van der Waals surface area (Å²) in [6, 6.07) is 13.7. The third kappa shape index (κ3) is 5.13. The Balaban J connectivity index is 2.11. The highest BCUT2D eigenvalue weighted by molar-refractivity contribution is 7.92. The van der Waals surface area contributed by atoms with Gasteiger partial charge in [-0.25, -0.2) is 8.42 Å². The molecule has 0 saturated carbocycles. The molecule has 2 rings (SSSR count). The van der Waals surface area contributed by atoms with E-state index in [9.17, 15) is 13.2 Å². The van der Waals surface area contributed by atoms with Gasteiger partial charge >= 0.3 is 0 Å². The van der Waals surface area contributed by atoms with Crippen molar-refractivity contribution in [2.75, 3.05) is 36.6 Å². The second kappa shape index (κ2) is 8.57. The van der Waals surface area contributed by atoms with Crippen LogP contribution in [-0.4, -0.2) is 41.3 Å². The van der Waals surface area contributed by atoms with Gasteiger partial charge in [0.1, 0.15) is 11.5 Å². The first-order valence-electron chi connectivity index (χ1n) is 7.90. The molecule has 8 heteroatoms. The lowest BCUT2D eigenvalue weighted by Gasteiger charge is -2.24. The Bertz CT molecular complexity index is 867. The largest absolute Gasteiger partial charge is 0.497 e. The molecule has 1 amide bonds. The van der Waals surface area contributed by atoms with Gasteiger partial charge in [0, 0.05) is 24.7 Å². The van der Waals surface area contributed by atoms with Crippen molar-refractivity contribution >= 4 is 27.3 Å². The number of nitrogens with one attached hydrogen (secondary N) is 1. The van der Waals surface area contributed by atoms with Crippen molar-refractivity contribution < 1.29 is 22.7 Å². The maximum atomic E-state index is 12.2. The van der Waals surface area contributed by atoms with E-state index in [1.54, 1.807) is 48.5 Å². The summed E-state index contributed by atoms with van der Waals surface area (Å²) in [5.41, 5.74) is 0.976. The van der Waals surface area contributed by atoms with Crippen molar-refractivity contribution in [1.82, 2.24) is 0 Å². The zero-order valence-corrected chi connectivity index (χ0v) is 15.7. The van der Waals surface area contributed by atoms with Crippen molar-refractivity contribution in [1.29, 1.82) is 0 Å². The van der Waals surface area contributed by atoms with Gasteiger partial charge in [0.15, 0.2) is 0 Å². The molecule has 0 aromatic heterocycles. The lowest BCUT2D eigenvalue weighted by Crippen LogP contribution is -2.33. The highest BCUT2D eigenvalue weighted by atomic mass is 32.2. The molecule has 0 heterocycles. The van der Waals surface area contributed by atoms with E-state index in [1.165, 1.54) is 14.2 Å². The van der Waals surface area contributed by atoms with Crippen LogP contribution in [0.4, 0.5) is 11.4 Å². The second-order valence-corrected chi connectivity index (χ2v) is 7.44. The molecule has 0 unspecified atom stereocenters. The number of carbonyl (C=O) groups is 1. The van der Waals surface area contributed by atoms with Gasteiger partial charge in [0.05, 0.1) is 26.2 Å². The summed E-state index contributed by atoms with van der Waals surface area (Å²) in [5.74, 6) is 0.738. The van der Waals surface area contributed by atoms with E-state index in [4.69, 9.17) is 9.47 Å². The minimum absolute atomic E-state index is 0.00495. The van der Waals surface area contributed by atoms with Crippen molar-refractivity contribution in [3.05, 3.63) is 48.5 Å². The van der Waals surface area contributed by atoms with Gasteiger partial charge in [-0.05, 0) is 24.3 Å². The van der Waals surface area contributed by atoms with Crippen LogP contribution in [0, 0.1) is 0 Å². The van der Waals surface area contributed by atoms with E-state index in [1.807, 2.05) is 0 Å². The number of ether oxygens (including phenoxy) is 2. The summed E-state index contributed by atoms with van der Waals surface area (Å²) < 4.78 is 35.9. The van der Waals surface area contributed by atoms with Crippen molar-refractivity contribution in [3.8, 4) is 11.5 Å². The minimum atomic E-state index is -3.58. The number of methoxy groups -OCH3 is 2. The van der Waals surface area contributed by atoms with Gasteiger partial charge in [0.2, 0.25) is 15.9 Å². The fourth-order valence-corrected chi connectivity index (χ4v) is 3.36. The number of para-hydroxylation sites is 2. The Morgan fingerprint density at radius 3 is 2.46 bits per heavy atom. The zero-order valence-electron chi connectivity index (χ0n) is 14.9. The van der Waals surface area contributed by atoms with E-state index in [2.05, 4.69) is 5.32 Å². The van der Waals surface area contributed by atoms with E-state index >= 15 is 0 Å². The number of benzene rings is 2. The predicted octanol–water partition coefficient (Wildman–Crippen LogP) is 2.50. The number of amides is 1. The van der Waals surface area contributed by atoms with Crippen LogP contribution in [0.3, 0.4) is 0 Å². The minimum Gasteiger partial charge on any atom is -0.497 e. The molecule has 7 nitrogen and oxygen atoms in total. The van der Waals surface area contributed by atoms with Crippen molar-refractivity contribution in [3.63, 3.8) is 0 Å². The molecule has 0 saturated heterocycles. The molecule has 0 radical (unpaired) electrons. The summed E-state index contributed by atoms with van der Waals surface area (Å²) in [6.07, 6.45) is 1.09. The number of rotatable bonds is 8. The standard InChI is InChI=1S/C18H22N2O5S/c1-24-15-8-6-7-14(13-15)19-18(21)11-12-20(26(3,22)23)16-9-4-5-10-17(16)25-2/h4-10,13H,11-12H2,1-3H3,(H,19,21). The number of hydrogen-bond acceptors (Lipinski definition) is 5. The van der Waals surface area contributed by atoms with E-state index < -0.39 is 10.0 Å². The van der Waals surface area contributed by atoms with Gasteiger partial charge in [0.25, 0.3) is 0 Å². The number of anilines is 2. The maximum absolute atomic E-state index is 12.2. The highest BCUT2D eigenvalue weighted by Gasteiger charge is 2.21. The first kappa shape index (κ1) is 19.6. The molecule has 26 heavy (non-hydrogen) atoms. The Labute approximate surface area is 153 Å². The van der Waals surface area contributed by atoms with Crippen LogP contribution in [0.25, 0.3) is 0 Å². The predicted molar refractivity (Wildman–Crippen MR) is 101 cm³/mol. The Kier molecular flexibility index (Phi) is 6.46. The summed E-state index contributed by atoms with van der Waals surface area (Å²) >= 11 is 0. The lowest BCUT2D eigenvalue weighted by atomic mass is 10.2. The summed E-state index contributed by atoms with van der Waals surface area (Å²) in [7, 11) is -0.570. The molecular weight excluding hydrogens is 356 g/mol. The highest BCUT2D eigenvalue weighted by Crippen LogP contribution is 2.29. The zero-order chi connectivity index (χ0) is 19.2. The first-order valence-corrected chi connectivity index (χ1v) is 9.74. The molecule has 0 aliphatic carbocycles. The SMILES string of the molecule is COc1cccc(NC(=O)CCN(c2ccccc2OC)S(C)(=O)=O)c1. The average molecular weight is 378 g/mol.